The van der Waals surface area contributed by atoms with Gasteiger partial charge in [0.05, 0.1) is 6.61 Å². The molecule has 0 unspecified atom stereocenters. The van der Waals surface area contributed by atoms with Crippen molar-refractivity contribution in [1.82, 2.24) is 5.06 Å². The van der Waals surface area contributed by atoms with E-state index in [1.54, 1.807) is 12.1 Å². The van der Waals surface area contributed by atoms with E-state index in [0.29, 0.717) is 18.7 Å². The Morgan fingerprint density at radius 3 is 3.00 bits per heavy atom. The quantitative estimate of drug-likeness (QED) is 0.785. The van der Waals surface area contributed by atoms with Crippen molar-refractivity contribution in [3.63, 3.8) is 0 Å². The monoisotopic (exact) mass is 313 g/mol. The van der Waals surface area contributed by atoms with Gasteiger partial charge in [-0.1, -0.05) is 15.9 Å². The first-order valence-electron chi connectivity index (χ1n) is 5.74. The number of hydrogen-bond donors (Lipinski definition) is 0. The van der Waals surface area contributed by atoms with Gasteiger partial charge in [0.1, 0.15) is 5.82 Å². The molecule has 5 heteroatoms. The number of hydrogen-bond acceptors (Lipinski definition) is 2. The van der Waals surface area contributed by atoms with Gasteiger partial charge in [-0.05, 0) is 37.1 Å². The molecule has 1 aliphatic rings. The zero-order valence-electron chi connectivity index (χ0n) is 9.73. The Morgan fingerprint density at radius 1 is 1.44 bits per heavy atom. The average molecular weight is 314 g/mol. The third-order valence-corrected chi connectivity index (χ3v) is 3.11. The number of nitrogens with zero attached hydrogens (tertiary/aromatic N) is 1. The van der Waals surface area contributed by atoms with E-state index in [1.165, 1.54) is 23.3 Å². The summed E-state index contributed by atoms with van der Waals surface area (Å²) < 4.78 is 14.2. The van der Waals surface area contributed by atoms with Crippen molar-refractivity contribution < 1.29 is 14.0 Å². The molecule has 0 radical (unpaired) electrons. The molecule has 0 aromatic heterocycles. The Labute approximate surface area is 113 Å². The predicted octanol–water partition coefficient (Wildman–Crippen LogP) is 3.16. The normalized spacial score (nSPS) is 16.2. The molecule has 1 amide bonds. The summed E-state index contributed by atoms with van der Waals surface area (Å²) in [5.41, 5.74) is 0.370. The van der Waals surface area contributed by atoms with E-state index in [0.717, 1.165) is 17.3 Å². The van der Waals surface area contributed by atoms with E-state index in [2.05, 4.69) is 15.9 Å². The van der Waals surface area contributed by atoms with Gasteiger partial charge in [-0.2, -0.15) is 0 Å². The van der Waals surface area contributed by atoms with Gasteiger partial charge in [0.15, 0.2) is 0 Å². The van der Waals surface area contributed by atoms with Gasteiger partial charge in [-0.15, -0.1) is 0 Å². The van der Waals surface area contributed by atoms with Crippen molar-refractivity contribution in [2.75, 3.05) is 13.2 Å². The van der Waals surface area contributed by atoms with Crippen LogP contribution in [0, 0.1) is 5.82 Å². The van der Waals surface area contributed by atoms with Crippen LogP contribution in [0.5, 0.6) is 0 Å². The topological polar surface area (TPSA) is 29.5 Å². The van der Waals surface area contributed by atoms with Crippen LogP contribution in [0.15, 0.2) is 28.7 Å². The van der Waals surface area contributed by atoms with Crippen LogP contribution in [0.25, 0.3) is 6.08 Å². The Kier molecular flexibility index (Phi) is 4.49. The number of carbonyl (C=O) groups excluding carboxylic acids is 1. The Morgan fingerprint density at radius 2 is 2.28 bits per heavy atom. The van der Waals surface area contributed by atoms with E-state index >= 15 is 0 Å². The minimum absolute atomic E-state index is 0.255. The van der Waals surface area contributed by atoms with E-state index in [1.807, 2.05) is 0 Å². The highest BCUT2D eigenvalue weighted by Crippen LogP contribution is 2.17. The lowest BCUT2D eigenvalue weighted by atomic mass is 10.2. The van der Waals surface area contributed by atoms with Crippen LogP contribution in [0.2, 0.25) is 0 Å². The fraction of sp³-hybridized carbons (Fsp3) is 0.308. The summed E-state index contributed by atoms with van der Waals surface area (Å²) in [4.78, 5) is 17.0. The molecule has 18 heavy (non-hydrogen) atoms. The van der Waals surface area contributed by atoms with Crippen molar-refractivity contribution in [3.05, 3.63) is 40.1 Å². The molecule has 3 nitrogen and oxygen atoms in total. The first-order chi connectivity index (χ1) is 8.66. The van der Waals surface area contributed by atoms with E-state index < -0.39 is 0 Å². The van der Waals surface area contributed by atoms with Gasteiger partial charge in [-0.3, -0.25) is 9.63 Å². The third kappa shape index (κ3) is 3.40. The Balaban J connectivity index is 2.05. The molecule has 1 aromatic carbocycles. The molecule has 0 spiro atoms. The molecule has 0 aliphatic carbocycles. The van der Waals surface area contributed by atoms with Crippen molar-refractivity contribution in [2.24, 2.45) is 0 Å². The highest BCUT2D eigenvalue weighted by molar-refractivity contribution is 9.10. The molecule has 1 fully saturated rings. The average Bonchev–Trinajstić information content (AvgIpc) is 2.40. The Bertz CT molecular complexity index is 470. The van der Waals surface area contributed by atoms with Crippen molar-refractivity contribution in [1.29, 1.82) is 0 Å². The van der Waals surface area contributed by atoms with Crippen LogP contribution in [-0.2, 0) is 9.63 Å². The van der Waals surface area contributed by atoms with Crippen molar-refractivity contribution in [2.45, 2.75) is 12.8 Å². The molecule has 0 saturated carbocycles. The van der Waals surface area contributed by atoms with Crippen LogP contribution in [0.3, 0.4) is 0 Å². The predicted molar refractivity (Wildman–Crippen MR) is 70.0 cm³/mol. The molecular formula is C13H13BrFNO2. The SMILES string of the molecule is O=C(/C=C/c1cc(Br)ccc1F)N1CCCCO1. The standard InChI is InChI=1S/C13H13BrFNO2/c14-11-4-5-12(15)10(9-11)3-6-13(17)16-7-1-2-8-18-16/h3-6,9H,1-2,7-8H2/b6-3+. The van der Waals surface area contributed by atoms with Crippen LogP contribution >= 0.6 is 15.9 Å². The van der Waals surface area contributed by atoms with Crippen LogP contribution in [0.1, 0.15) is 18.4 Å². The summed E-state index contributed by atoms with van der Waals surface area (Å²) in [6.45, 7) is 1.15. The van der Waals surface area contributed by atoms with Gasteiger partial charge in [0, 0.05) is 22.7 Å². The minimum Gasteiger partial charge on any atom is -0.271 e. The molecule has 1 heterocycles. The van der Waals surface area contributed by atoms with Gasteiger partial charge < -0.3 is 0 Å². The number of hydroxylamine groups is 2. The highest BCUT2D eigenvalue weighted by atomic mass is 79.9. The zero-order valence-corrected chi connectivity index (χ0v) is 11.3. The van der Waals surface area contributed by atoms with E-state index in [-0.39, 0.29) is 11.7 Å². The fourth-order valence-electron chi connectivity index (χ4n) is 1.66. The minimum atomic E-state index is -0.359. The lowest BCUT2D eigenvalue weighted by Gasteiger charge is -2.24. The molecule has 0 bridgehead atoms. The second-order valence-corrected chi connectivity index (χ2v) is 4.90. The first-order valence-corrected chi connectivity index (χ1v) is 6.53. The molecule has 96 valence electrons. The van der Waals surface area contributed by atoms with Gasteiger partial charge in [0.25, 0.3) is 5.91 Å². The molecular weight excluding hydrogens is 301 g/mol. The van der Waals surface area contributed by atoms with Crippen LogP contribution < -0.4 is 0 Å². The number of rotatable bonds is 2. The van der Waals surface area contributed by atoms with Crippen LogP contribution in [-0.4, -0.2) is 24.1 Å². The van der Waals surface area contributed by atoms with Gasteiger partial charge in [-0.25, -0.2) is 9.45 Å². The summed E-state index contributed by atoms with van der Waals surface area (Å²) in [6.07, 6.45) is 4.69. The maximum atomic E-state index is 13.4. The number of amides is 1. The van der Waals surface area contributed by atoms with Gasteiger partial charge >= 0.3 is 0 Å². The lowest BCUT2D eigenvalue weighted by Crippen LogP contribution is -2.34. The second-order valence-electron chi connectivity index (χ2n) is 3.98. The van der Waals surface area contributed by atoms with E-state index in [4.69, 9.17) is 4.84 Å². The smallest absolute Gasteiger partial charge is 0.270 e. The molecule has 1 aromatic rings. The molecule has 2 rings (SSSR count). The summed E-state index contributed by atoms with van der Waals surface area (Å²) in [6, 6.07) is 4.59. The maximum absolute atomic E-state index is 13.4. The summed E-state index contributed by atoms with van der Waals surface area (Å²) in [5, 5.41) is 1.32. The maximum Gasteiger partial charge on any atom is 0.270 e. The number of carbonyl (C=O) groups is 1. The van der Waals surface area contributed by atoms with Crippen LogP contribution in [0.4, 0.5) is 4.39 Å². The molecule has 0 atom stereocenters. The third-order valence-electron chi connectivity index (χ3n) is 2.61. The second kappa shape index (κ2) is 6.11. The number of benzene rings is 1. The molecule has 1 saturated heterocycles. The first kappa shape index (κ1) is 13.2. The number of halogens is 2. The van der Waals surface area contributed by atoms with Gasteiger partial charge in [0.2, 0.25) is 0 Å². The van der Waals surface area contributed by atoms with Crippen molar-refractivity contribution in [3.8, 4) is 0 Å². The summed E-state index contributed by atoms with van der Waals surface area (Å²) in [5.74, 6) is -0.615. The zero-order chi connectivity index (χ0) is 13.0. The summed E-state index contributed by atoms with van der Waals surface area (Å²) >= 11 is 3.26. The Hall–Kier alpha value is -1.20. The lowest BCUT2D eigenvalue weighted by molar-refractivity contribution is -0.191. The molecule has 1 aliphatic heterocycles. The largest absolute Gasteiger partial charge is 0.271 e. The van der Waals surface area contributed by atoms with E-state index in [9.17, 15) is 9.18 Å². The molecule has 0 N–H and O–H groups in total. The summed E-state index contributed by atoms with van der Waals surface area (Å²) in [7, 11) is 0. The van der Waals surface area contributed by atoms with Crippen molar-refractivity contribution >= 4 is 27.9 Å². The highest BCUT2D eigenvalue weighted by Gasteiger charge is 2.15. The fourth-order valence-corrected chi connectivity index (χ4v) is 2.04.